The van der Waals surface area contributed by atoms with E-state index in [1.807, 2.05) is 20.0 Å². The van der Waals surface area contributed by atoms with Crippen molar-refractivity contribution in [2.45, 2.75) is 26.3 Å². The molecule has 0 amide bonds. The van der Waals surface area contributed by atoms with Crippen molar-refractivity contribution in [3.8, 4) is 5.75 Å². The summed E-state index contributed by atoms with van der Waals surface area (Å²) in [7, 11) is 1.39. The maximum Gasteiger partial charge on any atom is 0.168 e. The zero-order valence-electron chi connectivity index (χ0n) is 11.8. The second kappa shape index (κ2) is 5.86. The highest BCUT2D eigenvalue weighted by Gasteiger charge is 2.12. The number of hydrogen-bond acceptors (Lipinski definition) is 3. The zero-order valence-corrected chi connectivity index (χ0v) is 11.8. The molecule has 1 heterocycles. The molecule has 20 heavy (non-hydrogen) atoms. The van der Waals surface area contributed by atoms with Crippen LogP contribution in [0.5, 0.6) is 5.75 Å². The maximum atomic E-state index is 13.6. The third-order valence-electron chi connectivity index (χ3n) is 3.01. The molecule has 0 aliphatic carbocycles. The molecule has 0 fully saturated rings. The molecule has 4 nitrogen and oxygen atoms in total. The largest absolute Gasteiger partial charge is 0.494 e. The fourth-order valence-electron chi connectivity index (χ4n) is 1.87. The van der Waals surface area contributed by atoms with Crippen LogP contribution >= 0.6 is 0 Å². The Morgan fingerprint density at radius 1 is 1.40 bits per heavy atom. The monoisotopic (exact) mass is 276 g/mol. The molecule has 106 valence electrons. The molecule has 0 saturated carbocycles. The number of halogens is 1. The summed E-state index contributed by atoms with van der Waals surface area (Å²) in [5.41, 5.74) is 1.00. The molecular weight excluding hydrogens is 259 g/mol. The van der Waals surface area contributed by atoms with E-state index in [1.54, 1.807) is 16.8 Å². The molecule has 0 spiro atoms. The standard InChI is InChI=1S/C15H17FN2O2/c1-10(2)18-7-6-12(17-18)9-14(19)11-4-5-15(20-3)13(16)8-11/h4-8,10H,9H2,1-3H3. The lowest BCUT2D eigenvalue weighted by Gasteiger charge is -2.05. The molecule has 0 aliphatic rings. The molecule has 0 unspecified atom stereocenters. The van der Waals surface area contributed by atoms with E-state index in [9.17, 15) is 9.18 Å². The molecule has 0 radical (unpaired) electrons. The molecule has 0 saturated heterocycles. The number of methoxy groups -OCH3 is 1. The summed E-state index contributed by atoms with van der Waals surface area (Å²) in [4.78, 5) is 12.1. The van der Waals surface area contributed by atoms with Crippen LogP contribution in [0.3, 0.4) is 0 Å². The summed E-state index contributed by atoms with van der Waals surface area (Å²) in [6.07, 6.45) is 1.99. The fourth-order valence-corrected chi connectivity index (χ4v) is 1.87. The first-order valence-corrected chi connectivity index (χ1v) is 6.42. The summed E-state index contributed by atoms with van der Waals surface area (Å²) in [5.74, 6) is -0.572. The van der Waals surface area contributed by atoms with Gasteiger partial charge in [0.15, 0.2) is 17.3 Å². The van der Waals surface area contributed by atoms with Crippen molar-refractivity contribution < 1.29 is 13.9 Å². The van der Waals surface area contributed by atoms with Crippen molar-refractivity contribution in [3.05, 3.63) is 47.5 Å². The number of ketones is 1. The molecule has 0 bridgehead atoms. The average molecular weight is 276 g/mol. The molecular formula is C15H17FN2O2. The van der Waals surface area contributed by atoms with Crippen molar-refractivity contribution in [1.29, 1.82) is 0 Å². The minimum Gasteiger partial charge on any atom is -0.494 e. The fraction of sp³-hybridized carbons (Fsp3) is 0.333. The SMILES string of the molecule is COc1ccc(C(=O)Cc2ccn(C(C)C)n2)cc1F. The van der Waals surface area contributed by atoms with Gasteiger partial charge in [-0.15, -0.1) is 0 Å². The highest BCUT2D eigenvalue weighted by molar-refractivity contribution is 5.97. The molecule has 2 aromatic rings. The van der Waals surface area contributed by atoms with E-state index >= 15 is 0 Å². The number of aromatic nitrogens is 2. The lowest BCUT2D eigenvalue weighted by Crippen LogP contribution is -2.07. The van der Waals surface area contributed by atoms with Crippen LogP contribution in [0.25, 0.3) is 0 Å². The Morgan fingerprint density at radius 2 is 2.15 bits per heavy atom. The summed E-state index contributed by atoms with van der Waals surface area (Å²) in [6, 6.07) is 6.26. The van der Waals surface area contributed by atoms with E-state index in [4.69, 9.17) is 4.74 Å². The number of hydrogen-bond donors (Lipinski definition) is 0. The molecule has 0 atom stereocenters. The van der Waals surface area contributed by atoms with Crippen LogP contribution in [0.2, 0.25) is 0 Å². The van der Waals surface area contributed by atoms with Gasteiger partial charge >= 0.3 is 0 Å². The number of carbonyl (C=O) groups is 1. The molecule has 1 aromatic carbocycles. The Bertz CT molecular complexity index is 620. The van der Waals surface area contributed by atoms with Gasteiger partial charge in [0.05, 0.1) is 19.2 Å². The summed E-state index contributed by atoms with van der Waals surface area (Å²) >= 11 is 0. The summed E-state index contributed by atoms with van der Waals surface area (Å²) in [6.45, 7) is 4.02. The topological polar surface area (TPSA) is 44.1 Å². The summed E-state index contributed by atoms with van der Waals surface area (Å²) < 4.78 is 20.2. The number of ether oxygens (including phenoxy) is 1. The third kappa shape index (κ3) is 3.04. The smallest absolute Gasteiger partial charge is 0.168 e. The predicted octanol–water partition coefficient (Wildman–Crippen LogP) is 3.04. The highest BCUT2D eigenvalue weighted by atomic mass is 19.1. The van der Waals surface area contributed by atoms with E-state index in [0.29, 0.717) is 11.3 Å². The van der Waals surface area contributed by atoms with Crippen LogP contribution < -0.4 is 4.74 Å². The van der Waals surface area contributed by atoms with Crippen molar-refractivity contribution in [2.75, 3.05) is 7.11 Å². The molecule has 0 N–H and O–H groups in total. The number of rotatable bonds is 5. The van der Waals surface area contributed by atoms with Gasteiger partial charge in [-0.05, 0) is 38.1 Å². The second-order valence-electron chi connectivity index (χ2n) is 4.83. The third-order valence-corrected chi connectivity index (χ3v) is 3.01. The van der Waals surface area contributed by atoms with E-state index in [1.165, 1.54) is 19.2 Å². The minimum absolute atomic E-state index is 0.130. The lowest BCUT2D eigenvalue weighted by molar-refractivity contribution is 0.0991. The first-order valence-electron chi connectivity index (χ1n) is 6.42. The highest BCUT2D eigenvalue weighted by Crippen LogP contribution is 2.18. The van der Waals surface area contributed by atoms with Crippen LogP contribution in [0, 0.1) is 5.82 Å². The van der Waals surface area contributed by atoms with Crippen molar-refractivity contribution in [1.82, 2.24) is 9.78 Å². The van der Waals surface area contributed by atoms with Gasteiger partial charge in [0.2, 0.25) is 0 Å². The number of carbonyl (C=O) groups excluding carboxylic acids is 1. The van der Waals surface area contributed by atoms with Crippen molar-refractivity contribution in [2.24, 2.45) is 0 Å². The number of nitrogens with zero attached hydrogens (tertiary/aromatic N) is 2. The van der Waals surface area contributed by atoms with Crippen LogP contribution in [0.1, 0.15) is 35.9 Å². The van der Waals surface area contributed by atoms with Crippen LogP contribution in [-0.4, -0.2) is 22.7 Å². The average Bonchev–Trinajstić information content (AvgIpc) is 2.87. The lowest BCUT2D eigenvalue weighted by atomic mass is 10.1. The first kappa shape index (κ1) is 14.2. The van der Waals surface area contributed by atoms with Gasteiger partial charge in [-0.1, -0.05) is 0 Å². The molecule has 5 heteroatoms. The van der Waals surface area contributed by atoms with E-state index in [-0.39, 0.29) is 24.0 Å². The molecule has 0 aliphatic heterocycles. The van der Waals surface area contributed by atoms with Gasteiger partial charge in [0, 0.05) is 17.8 Å². The summed E-state index contributed by atoms with van der Waals surface area (Å²) in [5, 5.41) is 4.31. The van der Waals surface area contributed by atoms with E-state index in [2.05, 4.69) is 5.10 Å². The Labute approximate surface area is 117 Å². The Balaban J connectivity index is 2.13. The van der Waals surface area contributed by atoms with Crippen LogP contribution in [0.15, 0.2) is 30.5 Å². The van der Waals surface area contributed by atoms with Crippen LogP contribution in [0.4, 0.5) is 4.39 Å². The molecule has 1 aromatic heterocycles. The van der Waals surface area contributed by atoms with E-state index < -0.39 is 5.82 Å². The van der Waals surface area contributed by atoms with E-state index in [0.717, 1.165) is 0 Å². The Morgan fingerprint density at radius 3 is 2.70 bits per heavy atom. The van der Waals surface area contributed by atoms with Gasteiger partial charge in [-0.25, -0.2) is 4.39 Å². The quantitative estimate of drug-likeness (QED) is 0.788. The Kier molecular flexibility index (Phi) is 4.17. The first-order chi connectivity index (χ1) is 9.51. The van der Waals surface area contributed by atoms with Gasteiger partial charge in [-0.3, -0.25) is 9.48 Å². The number of Topliss-reactive ketones (excluding diaryl/α,β-unsaturated/α-hetero) is 1. The van der Waals surface area contributed by atoms with Crippen molar-refractivity contribution in [3.63, 3.8) is 0 Å². The Hall–Kier alpha value is -2.17. The maximum absolute atomic E-state index is 13.6. The second-order valence-corrected chi connectivity index (χ2v) is 4.83. The van der Waals surface area contributed by atoms with Gasteiger partial charge in [-0.2, -0.15) is 5.10 Å². The number of benzene rings is 1. The minimum atomic E-state index is -0.536. The predicted molar refractivity (Wildman–Crippen MR) is 73.6 cm³/mol. The van der Waals surface area contributed by atoms with Gasteiger partial charge in [0.1, 0.15) is 0 Å². The van der Waals surface area contributed by atoms with Gasteiger partial charge < -0.3 is 4.74 Å². The molecule has 2 rings (SSSR count). The van der Waals surface area contributed by atoms with Crippen molar-refractivity contribution >= 4 is 5.78 Å². The normalized spacial score (nSPS) is 10.8. The zero-order chi connectivity index (χ0) is 14.7. The van der Waals surface area contributed by atoms with Gasteiger partial charge in [0.25, 0.3) is 0 Å². The van der Waals surface area contributed by atoms with Crippen LogP contribution in [-0.2, 0) is 6.42 Å².